The average Bonchev–Trinajstić information content (AvgIpc) is 3.28. The minimum Gasteiger partial charge on any atom is -0.392 e. The van der Waals surface area contributed by atoms with E-state index in [1.54, 1.807) is 18.0 Å². The van der Waals surface area contributed by atoms with Gasteiger partial charge in [-0.15, -0.1) is 11.8 Å². The number of nitrogens with zero attached hydrogens (tertiary/aromatic N) is 2. The summed E-state index contributed by atoms with van der Waals surface area (Å²) in [4.78, 5) is 22.7. The molecule has 132 valence electrons. The number of hydrogen-bond donors (Lipinski definition) is 4. The van der Waals surface area contributed by atoms with Gasteiger partial charge in [0.15, 0.2) is 0 Å². The van der Waals surface area contributed by atoms with Crippen LogP contribution in [0.3, 0.4) is 0 Å². The third-order valence-electron chi connectivity index (χ3n) is 4.54. The molecule has 4 N–H and O–H groups in total. The van der Waals surface area contributed by atoms with E-state index in [2.05, 4.69) is 25.5 Å². The highest BCUT2D eigenvalue weighted by atomic mass is 32.2. The predicted molar refractivity (Wildman–Crippen MR) is 99.4 cm³/mol. The standard InChI is InChI=1S/C17H21N5O2S/c23-12-7-11(20-9-12)8-21-17(24)15-10-22(5-6-25-15)14-2-4-19-16-13(14)1-3-18-16/h1-4,10-12,20,23H,5-9H2,(H,18,19)(H,21,24)/t11-,12+/m1/s1. The SMILES string of the molecule is O=C(NC[C@H]1C[C@H](O)CN1)C1=CN(c2ccnc3[nH]ccc23)CCS1. The molecule has 4 rings (SSSR count). The Bertz CT molecular complexity index is 805. The van der Waals surface area contributed by atoms with E-state index in [0.717, 1.165) is 29.0 Å². The minimum atomic E-state index is -0.309. The molecule has 1 fully saturated rings. The molecular weight excluding hydrogens is 338 g/mol. The molecule has 25 heavy (non-hydrogen) atoms. The largest absolute Gasteiger partial charge is 0.392 e. The van der Waals surface area contributed by atoms with Gasteiger partial charge < -0.3 is 25.6 Å². The molecule has 1 saturated heterocycles. The molecule has 7 nitrogen and oxygen atoms in total. The van der Waals surface area contributed by atoms with Gasteiger partial charge in [0.25, 0.3) is 5.91 Å². The molecular formula is C17H21N5O2S. The molecule has 0 bridgehead atoms. The summed E-state index contributed by atoms with van der Waals surface area (Å²) in [6, 6.07) is 4.12. The Labute approximate surface area is 149 Å². The topological polar surface area (TPSA) is 93.3 Å². The number of anilines is 1. The zero-order chi connectivity index (χ0) is 17.2. The number of amides is 1. The maximum absolute atomic E-state index is 12.5. The van der Waals surface area contributed by atoms with Crippen LogP contribution >= 0.6 is 11.8 Å². The number of aromatic amines is 1. The van der Waals surface area contributed by atoms with Crippen molar-refractivity contribution in [2.75, 3.05) is 30.3 Å². The van der Waals surface area contributed by atoms with E-state index >= 15 is 0 Å². The number of pyridine rings is 1. The van der Waals surface area contributed by atoms with E-state index in [4.69, 9.17) is 0 Å². The third-order valence-corrected chi connectivity index (χ3v) is 5.53. The summed E-state index contributed by atoms with van der Waals surface area (Å²) in [7, 11) is 0. The van der Waals surface area contributed by atoms with Crippen molar-refractivity contribution in [1.29, 1.82) is 0 Å². The molecule has 1 amide bonds. The maximum Gasteiger partial charge on any atom is 0.259 e. The summed E-state index contributed by atoms with van der Waals surface area (Å²) in [6.45, 7) is 1.98. The second-order valence-electron chi connectivity index (χ2n) is 6.31. The summed E-state index contributed by atoms with van der Waals surface area (Å²) >= 11 is 1.57. The van der Waals surface area contributed by atoms with Crippen molar-refractivity contribution in [3.63, 3.8) is 0 Å². The molecule has 0 spiro atoms. The van der Waals surface area contributed by atoms with E-state index in [9.17, 15) is 9.90 Å². The lowest BCUT2D eigenvalue weighted by molar-refractivity contribution is -0.116. The minimum absolute atomic E-state index is 0.0581. The fraction of sp³-hybridized carbons (Fsp3) is 0.412. The molecule has 2 aromatic heterocycles. The van der Waals surface area contributed by atoms with Crippen molar-refractivity contribution in [3.05, 3.63) is 35.6 Å². The summed E-state index contributed by atoms with van der Waals surface area (Å²) in [5.41, 5.74) is 1.90. The van der Waals surface area contributed by atoms with Gasteiger partial charge in [-0.05, 0) is 18.6 Å². The maximum atomic E-state index is 12.5. The summed E-state index contributed by atoms with van der Waals surface area (Å²) < 4.78 is 0. The van der Waals surface area contributed by atoms with E-state index in [-0.39, 0.29) is 18.1 Å². The molecule has 2 aliphatic rings. The monoisotopic (exact) mass is 359 g/mol. The summed E-state index contributed by atoms with van der Waals surface area (Å²) in [5.74, 6) is 0.797. The lowest BCUT2D eigenvalue weighted by atomic mass is 10.2. The predicted octanol–water partition coefficient (Wildman–Crippen LogP) is 0.797. The van der Waals surface area contributed by atoms with Crippen LogP contribution in [0.2, 0.25) is 0 Å². The van der Waals surface area contributed by atoms with Gasteiger partial charge in [0, 0.05) is 55.4 Å². The highest BCUT2D eigenvalue weighted by molar-refractivity contribution is 8.04. The molecule has 0 radical (unpaired) electrons. The van der Waals surface area contributed by atoms with Crippen LogP contribution in [0.1, 0.15) is 6.42 Å². The number of aliphatic hydroxyl groups excluding tert-OH is 1. The summed E-state index contributed by atoms with van der Waals surface area (Å²) in [5, 5.41) is 16.8. The Morgan fingerprint density at radius 1 is 1.48 bits per heavy atom. The quantitative estimate of drug-likeness (QED) is 0.645. The molecule has 8 heteroatoms. The van der Waals surface area contributed by atoms with Gasteiger partial charge in [0.05, 0.1) is 16.7 Å². The first-order chi connectivity index (χ1) is 12.2. The van der Waals surface area contributed by atoms with Crippen molar-refractivity contribution < 1.29 is 9.90 Å². The number of fused-ring (bicyclic) bond motifs is 1. The fourth-order valence-electron chi connectivity index (χ4n) is 3.26. The number of H-pyrrole nitrogens is 1. The van der Waals surface area contributed by atoms with Crippen LogP contribution < -0.4 is 15.5 Å². The lowest BCUT2D eigenvalue weighted by Gasteiger charge is -2.26. The Kier molecular flexibility index (Phi) is 4.65. The highest BCUT2D eigenvalue weighted by Gasteiger charge is 2.24. The van der Waals surface area contributed by atoms with Crippen LogP contribution in [0.25, 0.3) is 11.0 Å². The summed E-state index contributed by atoms with van der Waals surface area (Å²) in [6.07, 6.45) is 5.94. The average molecular weight is 359 g/mol. The molecule has 2 aliphatic heterocycles. The Balaban J connectivity index is 1.46. The highest BCUT2D eigenvalue weighted by Crippen LogP contribution is 2.30. The smallest absolute Gasteiger partial charge is 0.259 e. The van der Waals surface area contributed by atoms with Crippen molar-refractivity contribution in [2.24, 2.45) is 0 Å². The first-order valence-electron chi connectivity index (χ1n) is 8.44. The first kappa shape index (κ1) is 16.4. The molecule has 4 heterocycles. The Morgan fingerprint density at radius 2 is 2.40 bits per heavy atom. The number of nitrogens with one attached hydrogen (secondary N) is 3. The van der Waals surface area contributed by atoms with Gasteiger partial charge in [0.2, 0.25) is 0 Å². The third kappa shape index (κ3) is 3.51. The lowest BCUT2D eigenvalue weighted by Crippen LogP contribution is -2.38. The van der Waals surface area contributed by atoms with Gasteiger partial charge in [-0.3, -0.25) is 4.79 Å². The number of thioether (sulfide) groups is 1. The zero-order valence-corrected chi connectivity index (χ0v) is 14.6. The first-order valence-corrected chi connectivity index (χ1v) is 9.42. The molecule has 0 unspecified atom stereocenters. The molecule has 0 aliphatic carbocycles. The van der Waals surface area contributed by atoms with Crippen molar-refractivity contribution >= 4 is 34.4 Å². The van der Waals surface area contributed by atoms with Crippen LogP contribution in [-0.4, -0.2) is 58.5 Å². The van der Waals surface area contributed by atoms with Gasteiger partial charge >= 0.3 is 0 Å². The number of carbonyl (C=O) groups excluding carboxylic acids is 1. The van der Waals surface area contributed by atoms with E-state index in [1.807, 2.05) is 24.5 Å². The molecule has 2 atom stereocenters. The number of rotatable bonds is 4. The van der Waals surface area contributed by atoms with Crippen LogP contribution in [0.5, 0.6) is 0 Å². The van der Waals surface area contributed by atoms with Crippen molar-refractivity contribution in [3.8, 4) is 0 Å². The van der Waals surface area contributed by atoms with Crippen molar-refractivity contribution in [2.45, 2.75) is 18.6 Å². The van der Waals surface area contributed by atoms with E-state index in [1.165, 1.54) is 0 Å². The Morgan fingerprint density at radius 3 is 3.24 bits per heavy atom. The molecule has 2 aromatic rings. The fourth-order valence-corrected chi connectivity index (χ4v) is 4.18. The number of carbonyl (C=O) groups is 1. The van der Waals surface area contributed by atoms with Gasteiger partial charge in [-0.25, -0.2) is 4.98 Å². The van der Waals surface area contributed by atoms with E-state index < -0.39 is 0 Å². The zero-order valence-electron chi connectivity index (χ0n) is 13.7. The second-order valence-corrected chi connectivity index (χ2v) is 7.45. The van der Waals surface area contributed by atoms with E-state index in [0.29, 0.717) is 24.4 Å². The van der Waals surface area contributed by atoms with Crippen LogP contribution in [0.15, 0.2) is 35.6 Å². The van der Waals surface area contributed by atoms with Gasteiger partial charge in [-0.2, -0.15) is 0 Å². The number of β-amino-alcohol motifs (C(OH)–C–C–N with tert-alkyl or cyclic N) is 1. The van der Waals surface area contributed by atoms with Gasteiger partial charge in [0.1, 0.15) is 5.65 Å². The normalized spacial score (nSPS) is 23.7. The van der Waals surface area contributed by atoms with Crippen LogP contribution in [-0.2, 0) is 4.79 Å². The number of aromatic nitrogens is 2. The number of hydrogen-bond acceptors (Lipinski definition) is 6. The number of aliphatic hydroxyl groups is 1. The Hall–Kier alpha value is -2.03. The van der Waals surface area contributed by atoms with Gasteiger partial charge in [-0.1, -0.05) is 0 Å². The van der Waals surface area contributed by atoms with Crippen molar-refractivity contribution in [1.82, 2.24) is 20.6 Å². The van der Waals surface area contributed by atoms with Crippen LogP contribution in [0, 0.1) is 0 Å². The second kappa shape index (κ2) is 7.07. The van der Waals surface area contributed by atoms with Crippen LogP contribution in [0.4, 0.5) is 5.69 Å². The molecule has 0 saturated carbocycles. The molecule has 0 aromatic carbocycles.